The smallest absolute Gasteiger partial charge is 0.0919 e. The average molecular weight is 250 g/mol. The number of imidazole rings is 1. The van der Waals surface area contributed by atoms with Crippen LogP contribution in [0.4, 0.5) is 0 Å². The molecule has 19 heavy (non-hydrogen) atoms. The highest BCUT2D eigenvalue weighted by atomic mass is 14.8. The third kappa shape index (κ3) is 3.55. The topological polar surface area (TPSA) is 28.7 Å². The number of H-pyrrole nitrogens is 1. The molecule has 0 saturated carbocycles. The minimum Gasteiger partial charge on any atom is -0.351 e. The molecule has 0 spiro atoms. The van der Waals surface area contributed by atoms with Crippen LogP contribution >= 0.6 is 0 Å². The summed E-state index contributed by atoms with van der Waals surface area (Å²) in [5.74, 6) is 0. The van der Waals surface area contributed by atoms with Gasteiger partial charge in [-0.15, -0.1) is 0 Å². The molecule has 0 aliphatic rings. The van der Waals surface area contributed by atoms with E-state index in [1.165, 1.54) is 22.3 Å². The molecular formula is C17H18N2. The zero-order chi connectivity index (χ0) is 13.5. The Morgan fingerprint density at radius 2 is 1.68 bits per heavy atom. The van der Waals surface area contributed by atoms with Gasteiger partial charge in [-0.3, -0.25) is 0 Å². The fourth-order valence-electron chi connectivity index (χ4n) is 1.90. The molecule has 1 aromatic heterocycles. The number of nitrogens with zero attached hydrogens (tertiary/aromatic N) is 1. The van der Waals surface area contributed by atoms with Gasteiger partial charge in [0.1, 0.15) is 0 Å². The molecule has 2 heteroatoms. The second kappa shape index (κ2) is 6.55. The molecule has 0 fully saturated rings. The summed E-state index contributed by atoms with van der Waals surface area (Å²) >= 11 is 0. The Morgan fingerprint density at radius 1 is 0.895 bits per heavy atom. The average Bonchev–Trinajstić information content (AvgIpc) is 3.02. The standard InChI is InChI=1S/C14H14.C3H4N2/c1-11-7-6-10-14(12(11)2)13-8-4-3-5-9-13;1-2-5-3-4-1/h3-10H,1-2H3;1-3H,(H,4,5). The second-order valence-electron chi connectivity index (χ2n) is 4.37. The number of aromatic amines is 1. The summed E-state index contributed by atoms with van der Waals surface area (Å²) in [5, 5.41) is 0. The van der Waals surface area contributed by atoms with Crippen LogP contribution in [0, 0.1) is 13.8 Å². The van der Waals surface area contributed by atoms with Crippen molar-refractivity contribution in [1.82, 2.24) is 9.97 Å². The van der Waals surface area contributed by atoms with Crippen molar-refractivity contribution in [2.75, 3.05) is 0 Å². The molecule has 3 aromatic rings. The summed E-state index contributed by atoms with van der Waals surface area (Å²) in [6, 6.07) is 17.0. The summed E-state index contributed by atoms with van der Waals surface area (Å²) in [7, 11) is 0. The molecule has 1 heterocycles. The molecule has 0 unspecified atom stereocenters. The van der Waals surface area contributed by atoms with Crippen molar-refractivity contribution in [2.24, 2.45) is 0 Å². The van der Waals surface area contributed by atoms with Crippen LogP contribution in [0.1, 0.15) is 11.1 Å². The lowest BCUT2D eigenvalue weighted by Crippen LogP contribution is -1.85. The normalized spacial score (nSPS) is 9.58. The Hall–Kier alpha value is -2.35. The van der Waals surface area contributed by atoms with Gasteiger partial charge in [0, 0.05) is 12.4 Å². The molecule has 2 aromatic carbocycles. The predicted octanol–water partition coefficient (Wildman–Crippen LogP) is 4.38. The molecule has 3 rings (SSSR count). The van der Waals surface area contributed by atoms with Gasteiger partial charge in [-0.05, 0) is 36.1 Å². The van der Waals surface area contributed by atoms with Crippen LogP contribution < -0.4 is 0 Å². The summed E-state index contributed by atoms with van der Waals surface area (Å²) in [6.07, 6.45) is 5.08. The first kappa shape index (κ1) is 13.1. The lowest BCUT2D eigenvalue weighted by Gasteiger charge is -2.07. The van der Waals surface area contributed by atoms with E-state index in [0.717, 1.165) is 0 Å². The van der Waals surface area contributed by atoms with Gasteiger partial charge in [-0.2, -0.15) is 0 Å². The highest BCUT2D eigenvalue weighted by molar-refractivity contribution is 5.68. The molecule has 0 saturated heterocycles. The first-order valence-electron chi connectivity index (χ1n) is 6.33. The van der Waals surface area contributed by atoms with Crippen molar-refractivity contribution in [2.45, 2.75) is 13.8 Å². The summed E-state index contributed by atoms with van der Waals surface area (Å²) < 4.78 is 0. The second-order valence-corrected chi connectivity index (χ2v) is 4.37. The zero-order valence-electron chi connectivity index (χ0n) is 11.3. The maximum atomic E-state index is 3.67. The number of aryl methyl sites for hydroxylation is 1. The lowest BCUT2D eigenvalue weighted by molar-refractivity contribution is 1.31. The number of hydrogen-bond donors (Lipinski definition) is 1. The summed E-state index contributed by atoms with van der Waals surface area (Å²) in [6.45, 7) is 4.33. The number of hydrogen-bond acceptors (Lipinski definition) is 1. The Labute approximate surface area is 114 Å². The van der Waals surface area contributed by atoms with Crippen molar-refractivity contribution < 1.29 is 0 Å². The van der Waals surface area contributed by atoms with Gasteiger partial charge in [0.05, 0.1) is 6.33 Å². The van der Waals surface area contributed by atoms with Crippen molar-refractivity contribution in [3.05, 3.63) is 78.4 Å². The Bertz CT molecular complexity index is 581. The maximum absolute atomic E-state index is 3.67. The van der Waals surface area contributed by atoms with Gasteiger partial charge in [-0.25, -0.2) is 4.98 Å². The van der Waals surface area contributed by atoms with Gasteiger partial charge >= 0.3 is 0 Å². The molecule has 0 bridgehead atoms. The molecule has 0 amide bonds. The molecule has 2 nitrogen and oxygen atoms in total. The van der Waals surface area contributed by atoms with E-state index in [1.54, 1.807) is 18.7 Å². The van der Waals surface area contributed by atoms with Gasteiger partial charge in [0.2, 0.25) is 0 Å². The number of benzene rings is 2. The zero-order valence-corrected chi connectivity index (χ0v) is 11.3. The van der Waals surface area contributed by atoms with Crippen LogP contribution in [0.3, 0.4) is 0 Å². The fraction of sp³-hybridized carbons (Fsp3) is 0.118. The number of rotatable bonds is 1. The van der Waals surface area contributed by atoms with Crippen molar-refractivity contribution in [1.29, 1.82) is 0 Å². The molecule has 0 aliphatic heterocycles. The molecular weight excluding hydrogens is 232 g/mol. The Balaban J connectivity index is 0.000000224. The van der Waals surface area contributed by atoms with Crippen molar-refractivity contribution >= 4 is 0 Å². The highest BCUT2D eigenvalue weighted by Crippen LogP contribution is 2.24. The summed E-state index contributed by atoms with van der Waals surface area (Å²) in [5.41, 5.74) is 5.37. The van der Waals surface area contributed by atoms with E-state index in [2.05, 4.69) is 72.3 Å². The number of nitrogens with one attached hydrogen (secondary N) is 1. The highest BCUT2D eigenvalue weighted by Gasteiger charge is 2.01. The first-order valence-corrected chi connectivity index (χ1v) is 6.33. The SMILES string of the molecule is Cc1cccc(-c2ccccc2)c1C.c1c[nH]cn1. The fourth-order valence-corrected chi connectivity index (χ4v) is 1.90. The van der Waals surface area contributed by atoms with E-state index in [-0.39, 0.29) is 0 Å². The van der Waals surface area contributed by atoms with Crippen LogP contribution in [-0.4, -0.2) is 9.97 Å². The van der Waals surface area contributed by atoms with Crippen molar-refractivity contribution in [3.63, 3.8) is 0 Å². The first-order chi connectivity index (χ1) is 9.29. The van der Waals surface area contributed by atoms with E-state index in [9.17, 15) is 0 Å². The molecule has 0 aliphatic carbocycles. The molecule has 96 valence electrons. The Kier molecular flexibility index (Phi) is 4.51. The number of aromatic nitrogens is 2. The molecule has 0 radical (unpaired) electrons. The van der Waals surface area contributed by atoms with Gasteiger partial charge in [-0.1, -0.05) is 48.5 Å². The Morgan fingerprint density at radius 3 is 2.26 bits per heavy atom. The minimum absolute atomic E-state index is 1.30. The predicted molar refractivity (Wildman–Crippen MR) is 79.9 cm³/mol. The molecule has 0 atom stereocenters. The quantitative estimate of drug-likeness (QED) is 0.682. The van der Waals surface area contributed by atoms with Crippen molar-refractivity contribution in [3.8, 4) is 11.1 Å². The van der Waals surface area contributed by atoms with Gasteiger partial charge in [0.25, 0.3) is 0 Å². The van der Waals surface area contributed by atoms with Crippen LogP contribution in [0.5, 0.6) is 0 Å². The van der Waals surface area contributed by atoms with Crippen LogP contribution in [0.15, 0.2) is 67.3 Å². The van der Waals surface area contributed by atoms with E-state index >= 15 is 0 Å². The third-order valence-electron chi connectivity index (χ3n) is 3.10. The molecule has 1 N–H and O–H groups in total. The maximum Gasteiger partial charge on any atom is 0.0919 e. The van der Waals surface area contributed by atoms with E-state index in [0.29, 0.717) is 0 Å². The van der Waals surface area contributed by atoms with Crippen LogP contribution in [-0.2, 0) is 0 Å². The van der Waals surface area contributed by atoms with Crippen LogP contribution in [0.25, 0.3) is 11.1 Å². The summed E-state index contributed by atoms with van der Waals surface area (Å²) in [4.78, 5) is 6.42. The van der Waals surface area contributed by atoms with E-state index in [4.69, 9.17) is 0 Å². The largest absolute Gasteiger partial charge is 0.351 e. The van der Waals surface area contributed by atoms with E-state index in [1.807, 2.05) is 0 Å². The minimum atomic E-state index is 1.30. The van der Waals surface area contributed by atoms with Crippen LogP contribution in [0.2, 0.25) is 0 Å². The van der Waals surface area contributed by atoms with E-state index < -0.39 is 0 Å². The monoisotopic (exact) mass is 250 g/mol. The van der Waals surface area contributed by atoms with Gasteiger partial charge in [0.15, 0.2) is 0 Å². The van der Waals surface area contributed by atoms with Gasteiger partial charge < -0.3 is 4.98 Å². The lowest BCUT2D eigenvalue weighted by atomic mass is 9.97. The third-order valence-corrected chi connectivity index (χ3v) is 3.10.